The number of nitrogens with one attached hydrogen (secondary N) is 1. The van der Waals surface area contributed by atoms with Gasteiger partial charge in [-0.3, -0.25) is 10.1 Å². The molecule has 6 heteroatoms. The molecule has 0 saturated heterocycles. The van der Waals surface area contributed by atoms with E-state index in [9.17, 15) is 10.1 Å². The van der Waals surface area contributed by atoms with Crippen LogP contribution in [0.1, 0.15) is 32.3 Å². The van der Waals surface area contributed by atoms with Gasteiger partial charge >= 0.3 is 0 Å². The number of nitro groups is 1. The fourth-order valence-electron chi connectivity index (χ4n) is 1.76. The maximum absolute atomic E-state index is 10.8. The van der Waals surface area contributed by atoms with E-state index >= 15 is 0 Å². The Bertz CT molecular complexity index is 454. The lowest BCUT2D eigenvalue weighted by molar-refractivity contribution is -0.384. The van der Waals surface area contributed by atoms with Gasteiger partial charge in [0.2, 0.25) is 0 Å². The molecule has 2 N–H and O–H groups in total. The fourth-order valence-corrected chi connectivity index (χ4v) is 1.95. The number of hydrogen-bond acceptors (Lipinski definition) is 4. The van der Waals surface area contributed by atoms with Gasteiger partial charge in [0, 0.05) is 24.8 Å². The molecule has 0 amide bonds. The summed E-state index contributed by atoms with van der Waals surface area (Å²) in [4.78, 5) is 10.3. The van der Waals surface area contributed by atoms with Crippen LogP contribution >= 0.6 is 11.6 Å². The molecule has 0 aliphatic carbocycles. The summed E-state index contributed by atoms with van der Waals surface area (Å²) in [6.45, 7) is 4.67. The predicted molar refractivity (Wildman–Crippen MR) is 75.3 cm³/mol. The van der Waals surface area contributed by atoms with Crippen LogP contribution in [0.3, 0.4) is 0 Å². The van der Waals surface area contributed by atoms with Crippen molar-refractivity contribution in [1.29, 1.82) is 0 Å². The van der Waals surface area contributed by atoms with Crippen molar-refractivity contribution in [3.63, 3.8) is 0 Å². The summed E-state index contributed by atoms with van der Waals surface area (Å²) in [6.07, 6.45) is 1.50. The highest BCUT2D eigenvalue weighted by atomic mass is 35.5. The lowest BCUT2D eigenvalue weighted by Gasteiger charge is -2.29. The van der Waals surface area contributed by atoms with Gasteiger partial charge in [-0.25, -0.2) is 0 Å². The third kappa shape index (κ3) is 4.45. The number of nitrogens with zero attached hydrogens (tertiary/aromatic N) is 1. The van der Waals surface area contributed by atoms with Crippen LogP contribution in [0.4, 0.5) is 5.69 Å². The number of aliphatic hydroxyl groups excluding tert-OH is 1. The quantitative estimate of drug-likeness (QED) is 0.597. The van der Waals surface area contributed by atoms with Gasteiger partial charge in [0.25, 0.3) is 5.69 Å². The summed E-state index contributed by atoms with van der Waals surface area (Å²) in [6, 6.07) is 4.77. The Morgan fingerprint density at radius 1 is 1.53 bits per heavy atom. The molecule has 0 aliphatic rings. The Morgan fingerprint density at radius 2 is 2.21 bits per heavy atom. The molecule has 1 atom stereocenters. The zero-order chi connectivity index (χ0) is 14.5. The second kappa shape index (κ2) is 6.84. The van der Waals surface area contributed by atoms with E-state index in [2.05, 4.69) is 5.32 Å². The van der Waals surface area contributed by atoms with Crippen molar-refractivity contribution >= 4 is 17.3 Å². The third-order valence-electron chi connectivity index (χ3n) is 3.37. The van der Waals surface area contributed by atoms with Gasteiger partial charge in [-0.2, -0.15) is 0 Å². The van der Waals surface area contributed by atoms with Gasteiger partial charge in [0.05, 0.1) is 4.92 Å². The minimum Gasteiger partial charge on any atom is -0.396 e. The molecule has 0 aliphatic heterocycles. The van der Waals surface area contributed by atoms with Crippen molar-refractivity contribution in [2.75, 3.05) is 6.61 Å². The molecule has 1 rings (SSSR count). The van der Waals surface area contributed by atoms with E-state index in [1.54, 1.807) is 6.07 Å². The third-order valence-corrected chi connectivity index (χ3v) is 3.69. The lowest BCUT2D eigenvalue weighted by atomic mass is 9.94. The molecule has 0 fully saturated rings. The number of rotatable bonds is 7. The van der Waals surface area contributed by atoms with Gasteiger partial charge in [-0.15, -0.1) is 0 Å². The molecule has 0 saturated carbocycles. The summed E-state index contributed by atoms with van der Waals surface area (Å²) in [5, 5.41) is 23.3. The molecular weight excluding hydrogens is 268 g/mol. The van der Waals surface area contributed by atoms with E-state index < -0.39 is 4.92 Å². The summed E-state index contributed by atoms with van der Waals surface area (Å²) < 4.78 is 0. The number of hydrogen-bond donors (Lipinski definition) is 2. The SMILES string of the molecule is CCC(C)(CCO)NCc1ccc(Cl)c([N+](=O)[O-])c1. The summed E-state index contributed by atoms with van der Waals surface area (Å²) in [5.41, 5.74) is 0.540. The molecule has 1 unspecified atom stereocenters. The van der Waals surface area contributed by atoms with Crippen molar-refractivity contribution in [2.24, 2.45) is 0 Å². The number of nitro benzene ring substituents is 1. The van der Waals surface area contributed by atoms with Crippen LogP contribution < -0.4 is 5.32 Å². The highest BCUT2D eigenvalue weighted by Gasteiger charge is 2.21. The zero-order valence-electron chi connectivity index (χ0n) is 11.1. The first-order valence-electron chi connectivity index (χ1n) is 6.20. The molecule has 0 radical (unpaired) electrons. The van der Waals surface area contributed by atoms with Crippen LogP contribution in [0, 0.1) is 10.1 Å². The van der Waals surface area contributed by atoms with Crippen molar-refractivity contribution in [3.8, 4) is 0 Å². The number of halogens is 1. The monoisotopic (exact) mass is 286 g/mol. The highest BCUT2D eigenvalue weighted by Crippen LogP contribution is 2.25. The molecule has 0 aromatic heterocycles. The summed E-state index contributed by atoms with van der Waals surface area (Å²) >= 11 is 5.76. The van der Waals surface area contributed by atoms with Crippen molar-refractivity contribution in [3.05, 3.63) is 38.9 Å². The van der Waals surface area contributed by atoms with E-state index in [0.717, 1.165) is 12.0 Å². The van der Waals surface area contributed by atoms with E-state index in [1.807, 2.05) is 13.8 Å². The molecular formula is C13H19ClN2O3. The smallest absolute Gasteiger partial charge is 0.288 e. The molecule has 19 heavy (non-hydrogen) atoms. The lowest BCUT2D eigenvalue weighted by Crippen LogP contribution is -2.42. The number of aliphatic hydroxyl groups is 1. The van der Waals surface area contributed by atoms with E-state index in [4.69, 9.17) is 16.7 Å². The zero-order valence-corrected chi connectivity index (χ0v) is 11.9. The normalized spacial score (nSPS) is 14.1. The Balaban J connectivity index is 2.78. The Morgan fingerprint density at radius 3 is 2.74 bits per heavy atom. The van der Waals surface area contributed by atoms with Gasteiger partial charge in [0.15, 0.2) is 0 Å². The highest BCUT2D eigenvalue weighted by molar-refractivity contribution is 6.32. The first-order chi connectivity index (χ1) is 8.91. The molecule has 5 nitrogen and oxygen atoms in total. The first-order valence-corrected chi connectivity index (χ1v) is 6.58. The summed E-state index contributed by atoms with van der Waals surface area (Å²) in [7, 11) is 0. The topological polar surface area (TPSA) is 75.4 Å². The molecule has 0 heterocycles. The second-order valence-electron chi connectivity index (χ2n) is 4.78. The molecule has 106 valence electrons. The first kappa shape index (κ1) is 15.9. The summed E-state index contributed by atoms with van der Waals surface area (Å²) in [5.74, 6) is 0. The molecule has 1 aromatic carbocycles. The standard InChI is InChI=1S/C13H19ClN2O3/c1-3-13(2,6-7-17)15-9-10-4-5-11(14)12(8-10)16(18)19/h4-5,8,15,17H,3,6-7,9H2,1-2H3. The fraction of sp³-hybridized carbons (Fsp3) is 0.538. The largest absolute Gasteiger partial charge is 0.396 e. The van der Waals surface area contributed by atoms with Gasteiger partial charge in [-0.1, -0.05) is 24.6 Å². The molecule has 0 spiro atoms. The van der Waals surface area contributed by atoms with E-state index in [-0.39, 0.29) is 22.9 Å². The van der Waals surface area contributed by atoms with Crippen LogP contribution in [-0.4, -0.2) is 22.2 Å². The van der Waals surface area contributed by atoms with Gasteiger partial charge < -0.3 is 10.4 Å². The molecule has 0 bridgehead atoms. The Hall–Kier alpha value is -1.17. The van der Waals surface area contributed by atoms with Gasteiger partial charge in [0.1, 0.15) is 5.02 Å². The molecule has 1 aromatic rings. The Labute approximate surface area is 117 Å². The maximum atomic E-state index is 10.8. The van der Waals surface area contributed by atoms with Crippen LogP contribution in [0.15, 0.2) is 18.2 Å². The predicted octanol–water partition coefficient (Wildman–Crippen LogP) is 2.89. The van der Waals surface area contributed by atoms with Gasteiger partial charge in [-0.05, 0) is 31.4 Å². The average Bonchev–Trinajstić information content (AvgIpc) is 2.38. The minimum absolute atomic E-state index is 0.0821. The van der Waals surface area contributed by atoms with Crippen LogP contribution in [0.2, 0.25) is 5.02 Å². The minimum atomic E-state index is -0.488. The average molecular weight is 287 g/mol. The second-order valence-corrected chi connectivity index (χ2v) is 5.19. The van der Waals surface area contributed by atoms with Crippen LogP contribution in [-0.2, 0) is 6.54 Å². The van der Waals surface area contributed by atoms with Crippen LogP contribution in [0.5, 0.6) is 0 Å². The number of benzene rings is 1. The van der Waals surface area contributed by atoms with E-state index in [0.29, 0.717) is 13.0 Å². The van der Waals surface area contributed by atoms with Crippen molar-refractivity contribution in [1.82, 2.24) is 5.32 Å². The van der Waals surface area contributed by atoms with E-state index in [1.165, 1.54) is 12.1 Å². The maximum Gasteiger partial charge on any atom is 0.288 e. The van der Waals surface area contributed by atoms with Crippen LogP contribution in [0.25, 0.3) is 0 Å². The van der Waals surface area contributed by atoms with Crippen molar-refractivity contribution in [2.45, 2.75) is 38.8 Å². The Kier molecular flexibility index (Phi) is 5.72. The van der Waals surface area contributed by atoms with Crippen molar-refractivity contribution < 1.29 is 10.0 Å².